The van der Waals surface area contributed by atoms with Crippen molar-refractivity contribution in [3.63, 3.8) is 0 Å². The quantitative estimate of drug-likeness (QED) is 0.227. The molecule has 9 heteroatoms. The van der Waals surface area contributed by atoms with Crippen LogP contribution in [0.3, 0.4) is 0 Å². The van der Waals surface area contributed by atoms with Crippen LogP contribution in [0.25, 0.3) is 17.0 Å². The van der Waals surface area contributed by atoms with Crippen LogP contribution in [0.4, 0.5) is 11.5 Å². The monoisotopic (exact) mass is 547 g/mol. The third kappa shape index (κ3) is 8.66. The standard InChI is InChI=1S/C31H41N5O4/c1-22(2)18-23(3)34-30(37)11-8-24-6-9-25(10-7-24)35-31-26-19-28(38-4)29(20-27(26)32-21-33-31)40-15-5-12-36-13-16-39-17-14-36/h6-11,19-23H,5,12-18H2,1-4H3,(H,34,37)(H,32,33,35)/b11-8+. The highest BCUT2D eigenvalue weighted by atomic mass is 16.5. The second-order valence-corrected chi connectivity index (χ2v) is 10.5. The SMILES string of the molecule is COc1cc2c(Nc3ccc(/C=C/C(=O)NC(C)CC(C)C)cc3)ncnc2cc1OCCCN1CCOCC1. The number of ether oxygens (including phenoxy) is 3. The summed E-state index contributed by atoms with van der Waals surface area (Å²) in [6, 6.07) is 11.8. The zero-order valence-corrected chi connectivity index (χ0v) is 24.0. The zero-order chi connectivity index (χ0) is 28.3. The number of methoxy groups -OCH3 is 1. The summed E-state index contributed by atoms with van der Waals surface area (Å²) in [7, 11) is 1.64. The highest BCUT2D eigenvalue weighted by Gasteiger charge is 2.14. The number of carbonyl (C=O) groups excluding carboxylic acids is 1. The van der Waals surface area contributed by atoms with E-state index in [-0.39, 0.29) is 11.9 Å². The molecule has 0 saturated carbocycles. The average molecular weight is 548 g/mol. The largest absolute Gasteiger partial charge is 0.493 e. The Balaban J connectivity index is 1.37. The Kier molecular flexibility index (Phi) is 10.7. The maximum Gasteiger partial charge on any atom is 0.244 e. The molecule has 2 N–H and O–H groups in total. The highest BCUT2D eigenvalue weighted by Crippen LogP contribution is 2.34. The van der Waals surface area contributed by atoms with Gasteiger partial charge in [-0.3, -0.25) is 9.69 Å². The Labute approximate surface area is 236 Å². The molecule has 1 aliphatic rings. The Hall–Kier alpha value is -3.69. The maximum atomic E-state index is 12.2. The van der Waals surface area contributed by atoms with Crippen molar-refractivity contribution in [2.24, 2.45) is 5.92 Å². The van der Waals surface area contributed by atoms with Crippen LogP contribution in [0, 0.1) is 5.92 Å². The number of rotatable bonds is 13. The van der Waals surface area contributed by atoms with Crippen LogP contribution in [-0.2, 0) is 9.53 Å². The predicted molar refractivity (Wildman–Crippen MR) is 159 cm³/mol. The van der Waals surface area contributed by atoms with Crippen molar-refractivity contribution in [3.8, 4) is 11.5 Å². The Morgan fingerprint density at radius 2 is 1.88 bits per heavy atom. The summed E-state index contributed by atoms with van der Waals surface area (Å²) < 4.78 is 17.1. The lowest BCUT2D eigenvalue weighted by Crippen LogP contribution is -2.37. The summed E-state index contributed by atoms with van der Waals surface area (Å²) in [5.74, 6) is 2.43. The number of hydrogen-bond acceptors (Lipinski definition) is 8. The molecular formula is C31H41N5O4. The van der Waals surface area contributed by atoms with Crippen LogP contribution in [0.2, 0.25) is 0 Å². The van der Waals surface area contributed by atoms with Crippen LogP contribution in [-0.4, -0.2) is 73.4 Å². The number of aromatic nitrogens is 2. The summed E-state index contributed by atoms with van der Waals surface area (Å²) in [6.45, 7) is 11.4. The number of carbonyl (C=O) groups is 1. The summed E-state index contributed by atoms with van der Waals surface area (Å²) in [5, 5.41) is 7.21. The van der Waals surface area contributed by atoms with E-state index in [4.69, 9.17) is 14.2 Å². The number of benzene rings is 2. The Bertz CT molecular complexity index is 1270. The van der Waals surface area contributed by atoms with Gasteiger partial charge in [-0.1, -0.05) is 26.0 Å². The Morgan fingerprint density at radius 1 is 1.10 bits per heavy atom. The molecule has 1 amide bonds. The van der Waals surface area contributed by atoms with E-state index in [0.717, 1.165) is 67.8 Å². The molecule has 3 aromatic rings. The Morgan fingerprint density at radius 3 is 2.60 bits per heavy atom. The lowest BCUT2D eigenvalue weighted by Gasteiger charge is -2.26. The van der Waals surface area contributed by atoms with Crippen LogP contribution in [0.1, 0.15) is 39.2 Å². The van der Waals surface area contributed by atoms with Gasteiger partial charge in [0.25, 0.3) is 0 Å². The molecule has 40 heavy (non-hydrogen) atoms. The number of amides is 1. The van der Waals surface area contributed by atoms with E-state index in [1.165, 1.54) is 6.33 Å². The van der Waals surface area contributed by atoms with E-state index in [1.807, 2.05) is 49.4 Å². The first kappa shape index (κ1) is 29.3. The lowest BCUT2D eigenvalue weighted by molar-refractivity contribution is -0.117. The fourth-order valence-electron chi connectivity index (χ4n) is 4.77. The van der Waals surface area contributed by atoms with Gasteiger partial charge in [0.05, 0.1) is 32.4 Å². The van der Waals surface area contributed by atoms with Gasteiger partial charge in [0.1, 0.15) is 12.1 Å². The molecular weight excluding hydrogens is 506 g/mol. The molecule has 0 spiro atoms. The van der Waals surface area contributed by atoms with Gasteiger partial charge in [-0.2, -0.15) is 0 Å². The van der Waals surface area contributed by atoms with Crippen molar-refractivity contribution in [3.05, 3.63) is 54.4 Å². The summed E-state index contributed by atoms with van der Waals surface area (Å²) in [6.07, 6.45) is 6.80. The molecule has 1 saturated heterocycles. The molecule has 4 rings (SSSR count). The van der Waals surface area contributed by atoms with E-state index in [0.29, 0.717) is 29.8 Å². The molecule has 0 radical (unpaired) electrons. The van der Waals surface area contributed by atoms with Gasteiger partial charge in [0.2, 0.25) is 5.91 Å². The average Bonchev–Trinajstić information content (AvgIpc) is 2.95. The van der Waals surface area contributed by atoms with Crippen molar-refractivity contribution in [1.82, 2.24) is 20.2 Å². The topological polar surface area (TPSA) is 97.8 Å². The number of nitrogens with one attached hydrogen (secondary N) is 2. The van der Waals surface area contributed by atoms with Crippen molar-refractivity contribution < 1.29 is 19.0 Å². The lowest BCUT2D eigenvalue weighted by atomic mass is 10.1. The molecule has 2 aromatic carbocycles. The number of hydrogen-bond donors (Lipinski definition) is 2. The summed E-state index contributed by atoms with van der Waals surface area (Å²) in [4.78, 5) is 23.5. The number of morpholine rings is 1. The first-order chi connectivity index (χ1) is 19.4. The highest BCUT2D eigenvalue weighted by molar-refractivity contribution is 5.93. The first-order valence-corrected chi connectivity index (χ1v) is 14.0. The van der Waals surface area contributed by atoms with Gasteiger partial charge in [-0.05, 0) is 55.5 Å². The third-order valence-electron chi connectivity index (χ3n) is 6.71. The molecule has 1 unspecified atom stereocenters. The predicted octanol–water partition coefficient (Wildman–Crippen LogP) is 5.05. The normalized spacial score (nSPS) is 14.9. The van der Waals surface area contributed by atoms with E-state index in [1.54, 1.807) is 13.2 Å². The molecule has 1 atom stereocenters. The molecule has 2 heterocycles. The van der Waals surface area contributed by atoms with Crippen molar-refractivity contribution in [2.75, 3.05) is 51.9 Å². The first-order valence-electron chi connectivity index (χ1n) is 14.0. The number of anilines is 2. The molecule has 1 aromatic heterocycles. The van der Waals surface area contributed by atoms with Gasteiger partial charge >= 0.3 is 0 Å². The fraction of sp³-hybridized carbons (Fsp3) is 0.452. The van der Waals surface area contributed by atoms with E-state index in [9.17, 15) is 4.79 Å². The minimum absolute atomic E-state index is 0.0859. The second kappa shape index (κ2) is 14.6. The third-order valence-corrected chi connectivity index (χ3v) is 6.71. The number of fused-ring (bicyclic) bond motifs is 1. The van der Waals surface area contributed by atoms with Gasteiger partial charge in [0, 0.05) is 48.9 Å². The van der Waals surface area contributed by atoms with Gasteiger partial charge in [-0.15, -0.1) is 0 Å². The smallest absolute Gasteiger partial charge is 0.244 e. The van der Waals surface area contributed by atoms with E-state index < -0.39 is 0 Å². The molecule has 0 aliphatic carbocycles. The van der Waals surface area contributed by atoms with E-state index in [2.05, 4.69) is 39.3 Å². The minimum atomic E-state index is -0.0859. The molecule has 0 bridgehead atoms. The molecule has 214 valence electrons. The van der Waals surface area contributed by atoms with Crippen LogP contribution < -0.4 is 20.1 Å². The molecule has 1 aliphatic heterocycles. The van der Waals surface area contributed by atoms with Crippen molar-refractivity contribution in [1.29, 1.82) is 0 Å². The van der Waals surface area contributed by atoms with Gasteiger partial charge in [0.15, 0.2) is 11.5 Å². The number of nitrogens with zero attached hydrogens (tertiary/aromatic N) is 3. The maximum absolute atomic E-state index is 12.2. The summed E-state index contributed by atoms with van der Waals surface area (Å²) >= 11 is 0. The van der Waals surface area contributed by atoms with Crippen molar-refractivity contribution >= 4 is 34.4 Å². The second-order valence-electron chi connectivity index (χ2n) is 10.5. The molecule has 1 fully saturated rings. The van der Waals surface area contributed by atoms with Crippen LogP contribution >= 0.6 is 0 Å². The van der Waals surface area contributed by atoms with Crippen LogP contribution in [0.5, 0.6) is 11.5 Å². The van der Waals surface area contributed by atoms with Gasteiger partial charge in [-0.25, -0.2) is 9.97 Å². The van der Waals surface area contributed by atoms with Crippen molar-refractivity contribution in [2.45, 2.75) is 39.7 Å². The minimum Gasteiger partial charge on any atom is -0.493 e. The summed E-state index contributed by atoms with van der Waals surface area (Å²) in [5.41, 5.74) is 2.56. The fourth-order valence-corrected chi connectivity index (χ4v) is 4.77. The van der Waals surface area contributed by atoms with Crippen LogP contribution in [0.15, 0.2) is 48.8 Å². The zero-order valence-electron chi connectivity index (χ0n) is 24.0. The van der Waals surface area contributed by atoms with Gasteiger partial charge < -0.3 is 24.8 Å². The molecule has 9 nitrogen and oxygen atoms in total. The van der Waals surface area contributed by atoms with E-state index >= 15 is 0 Å².